The Morgan fingerprint density at radius 1 is 1.08 bits per heavy atom. The Balaban J connectivity index is 1.79. The molecular weight excluding hydrogens is 340 g/mol. The molecule has 2 saturated heterocycles. The zero-order chi connectivity index (χ0) is 18.7. The molecule has 1 aromatic carbocycles. The molecule has 26 heavy (non-hydrogen) atoms. The standard InChI is InChI=1S/C18H22N2O6/c1-25-15-5-3-2-4-12(15)13-10-20(11-14(13)18(23)24)17(22)16(21)19-6-8-26-9-7-19/h2-5,13-14H,6-11H2,1H3,(H,23,24). The Morgan fingerprint density at radius 2 is 1.73 bits per heavy atom. The van der Waals surface area contributed by atoms with Crippen LogP contribution in [0, 0.1) is 5.92 Å². The number of carbonyl (C=O) groups excluding carboxylic acids is 2. The lowest BCUT2D eigenvalue weighted by Crippen LogP contribution is -2.48. The number of carboxylic acids is 1. The zero-order valence-corrected chi connectivity index (χ0v) is 14.6. The minimum atomic E-state index is -0.991. The Labute approximate surface area is 151 Å². The number of nitrogens with zero attached hydrogens (tertiary/aromatic N) is 2. The number of carbonyl (C=O) groups is 3. The number of benzene rings is 1. The Kier molecular flexibility index (Phi) is 5.41. The van der Waals surface area contributed by atoms with Crippen molar-refractivity contribution >= 4 is 17.8 Å². The van der Waals surface area contributed by atoms with Crippen molar-refractivity contribution in [1.29, 1.82) is 0 Å². The zero-order valence-electron chi connectivity index (χ0n) is 14.6. The van der Waals surface area contributed by atoms with Crippen LogP contribution in [-0.4, -0.2) is 79.2 Å². The molecule has 1 aromatic rings. The molecule has 2 heterocycles. The van der Waals surface area contributed by atoms with Crippen molar-refractivity contribution in [2.75, 3.05) is 46.5 Å². The SMILES string of the molecule is COc1ccccc1C1CN(C(=O)C(=O)N2CCOCC2)CC1C(=O)O. The number of rotatable bonds is 3. The maximum Gasteiger partial charge on any atom is 0.312 e. The summed E-state index contributed by atoms with van der Waals surface area (Å²) in [4.78, 5) is 39.6. The molecule has 3 rings (SSSR count). The number of morpholine rings is 1. The average molecular weight is 362 g/mol. The summed E-state index contributed by atoms with van der Waals surface area (Å²) in [6.07, 6.45) is 0. The molecule has 2 aliphatic heterocycles. The number of aliphatic carboxylic acids is 1. The first kappa shape index (κ1) is 18.2. The van der Waals surface area contributed by atoms with Crippen LogP contribution in [0.15, 0.2) is 24.3 Å². The van der Waals surface area contributed by atoms with Crippen LogP contribution in [0.4, 0.5) is 0 Å². The molecule has 0 radical (unpaired) electrons. The third-order valence-electron chi connectivity index (χ3n) is 4.94. The van der Waals surface area contributed by atoms with Gasteiger partial charge in [-0.1, -0.05) is 18.2 Å². The normalized spacial score (nSPS) is 23.0. The molecule has 2 aliphatic rings. The van der Waals surface area contributed by atoms with Gasteiger partial charge in [0.05, 0.1) is 26.2 Å². The second-order valence-corrected chi connectivity index (χ2v) is 6.41. The molecule has 2 atom stereocenters. The quantitative estimate of drug-likeness (QED) is 0.771. The van der Waals surface area contributed by atoms with Crippen LogP contribution in [0.1, 0.15) is 11.5 Å². The summed E-state index contributed by atoms with van der Waals surface area (Å²) >= 11 is 0. The topological polar surface area (TPSA) is 96.4 Å². The highest BCUT2D eigenvalue weighted by atomic mass is 16.5. The molecular formula is C18H22N2O6. The number of carboxylic acid groups (broad SMARTS) is 1. The summed E-state index contributed by atoms with van der Waals surface area (Å²) in [6.45, 7) is 1.73. The van der Waals surface area contributed by atoms with E-state index in [9.17, 15) is 19.5 Å². The highest BCUT2D eigenvalue weighted by Gasteiger charge is 2.43. The van der Waals surface area contributed by atoms with Gasteiger partial charge in [0.25, 0.3) is 0 Å². The second kappa shape index (κ2) is 7.74. The molecule has 0 bridgehead atoms. The molecule has 1 N–H and O–H groups in total. The lowest BCUT2D eigenvalue weighted by atomic mass is 9.88. The van der Waals surface area contributed by atoms with Crippen molar-refractivity contribution in [2.24, 2.45) is 5.92 Å². The molecule has 140 valence electrons. The number of amides is 2. The number of hydrogen-bond acceptors (Lipinski definition) is 5. The first-order valence-corrected chi connectivity index (χ1v) is 8.54. The summed E-state index contributed by atoms with van der Waals surface area (Å²) in [5.74, 6) is -2.88. The van der Waals surface area contributed by atoms with E-state index in [1.807, 2.05) is 0 Å². The number of methoxy groups -OCH3 is 1. The first-order chi connectivity index (χ1) is 12.5. The molecule has 2 amide bonds. The largest absolute Gasteiger partial charge is 0.496 e. The minimum Gasteiger partial charge on any atom is -0.496 e. The van der Waals surface area contributed by atoms with E-state index in [1.165, 1.54) is 16.9 Å². The average Bonchev–Trinajstić information content (AvgIpc) is 3.13. The van der Waals surface area contributed by atoms with E-state index in [1.54, 1.807) is 24.3 Å². The summed E-state index contributed by atoms with van der Waals surface area (Å²) in [6, 6.07) is 7.17. The molecule has 8 heteroatoms. The third-order valence-corrected chi connectivity index (χ3v) is 4.94. The molecule has 0 aliphatic carbocycles. The van der Waals surface area contributed by atoms with Gasteiger partial charge < -0.3 is 24.4 Å². The number of hydrogen-bond donors (Lipinski definition) is 1. The van der Waals surface area contributed by atoms with Gasteiger partial charge in [0.1, 0.15) is 5.75 Å². The number of ether oxygens (including phenoxy) is 2. The van der Waals surface area contributed by atoms with E-state index >= 15 is 0 Å². The molecule has 2 fully saturated rings. The van der Waals surface area contributed by atoms with E-state index < -0.39 is 29.6 Å². The monoisotopic (exact) mass is 362 g/mol. The maximum atomic E-state index is 12.6. The van der Waals surface area contributed by atoms with Crippen molar-refractivity contribution in [3.8, 4) is 5.75 Å². The predicted octanol–water partition coefficient (Wildman–Crippen LogP) is 0.181. The summed E-state index contributed by atoms with van der Waals surface area (Å²) in [5, 5.41) is 9.60. The van der Waals surface area contributed by atoms with Gasteiger partial charge in [-0.05, 0) is 11.6 Å². The lowest BCUT2D eigenvalue weighted by Gasteiger charge is -2.28. The van der Waals surface area contributed by atoms with Gasteiger partial charge in [0.15, 0.2) is 0 Å². The van der Waals surface area contributed by atoms with Crippen LogP contribution in [0.25, 0.3) is 0 Å². The van der Waals surface area contributed by atoms with Crippen molar-refractivity contribution in [3.05, 3.63) is 29.8 Å². The van der Waals surface area contributed by atoms with Gasteiger partial charge in [0.2, 0.25) is 0 Å². The van der Waals surface area contributed by atoms with Crippen LogP contribution in [0.2, 0.25) is 0 Å². The summed E-state index contributed by atoms with van der Waals surface area (Å²) in [7, 11) is 1.52. The van der Waals surface area contributed by atoms with E-state index in [0.29, 0.717) is 32.1 Å². The predicted molar refractivity (Wildman–Crippen MR) is 90.8 cm³/mol. The van der Waals surface area contributed by atoms with Gasteiger partial charge in [-0.3, -0.25) is 14.4 Å². The Morgan fingerprint density at radius 3 is 2.38 bits per heavy atom. The molecule has 0 spiro atoms. The fourth-order valence-corrected chi connectivity index (χ4v) is 3.54. The van der Waals surface area contributed by atoms with E-state index in [4.69, 9.17) is 9.47 Å². The summed E-state index contributed by atoms with van der Waals surface area (Å²) < 4.78 is 10.5. The lowest BCUT2D eigenvalue weighted by molar-refractivity contribution is -0.153. The molecule has 2 unspecified atom stereocenters. The van der Waals surface area contributed by atoms with E-state index in [0.717, 1.165) is 5.56 Å². The van der Waals surface area contributed by atoms with Gasteiger partial charge in [-0.15, -0.1) is 0 Å². The third kappa shape index (κ3) is 3.50. The van der Waals surface area contributed by atoms with Gasteiger partial charge in [0, 0.05) is 32.1 Å². The van der Waals surface area contributed by atoms with Crippen molar-refractivity contribution in [2.45, 2.75) is 5.92 Å². The van der Waals surface area contributed by atoms with Crippen LogP contribution in [0.5, 0.6) is 5.75 Å². The van der Waals surface area contributed by atoms with Gasteiger partial charge >= 0.3 is 17.8 Å². The molecule has 0 saturated carbocycles. The summed E-state index contributed by atoms with van der Waals surface area (Å²) in [5.41, 5.74) is 0.733. The van der Waals surface area contributed by atoms with Gasteiger partial charge in [-0.2, -0.15) is 0 Å². The Hall–Kier alpha value is -2.61. The smallest absolute Gasteiger partial charge is 0.312 e. The van der Waals surface area contributed by atoms with Crippen LogP contribution in [-0.2, 0) is 19.1 Å². The van der Waals surface area contributed by atoms with Crippen molar-refractivity contribution in [3.63, 3.8) is 0 Å². The number of likely N-dealkylation sites (tertiary alicyclic amines) is 1. The number of para-hydroxylation sites is 1. The second-order valence-electron chi connectivity index (χ2n) is 6.41. The van der Waals surface area contributed by atoms with Crippen molar-refractivity contribution < 1.29 is 29.0 Å². The highest BCUT2D eigenvalue weighted by Crippen LogP contribution is 2.37. The van der Waals surface area contributed by atoms with Crippen LogP contribution < -0.4 is 4.74 Å². The van der Waals surface area contributed by atoms with E-state index in [-0.39, 0.29) is 13.1 Å². The van der Waals surface area contributed by atoms with Gasteiger partial charge in [-0.25, -0.2) is 0 Å². The van der Waals surface area contributed by atoms with E-state index in [2.05, 4.69) is 0 Å². The first-order valence-electron chi connectivity index (χ1n) is 8.54. The van der Waals surface area contributed by atoms with Crippen LogP contribution in [0.3, 0.4) is 0 Å². The fraction of sp³-hybridized carbons (Fsp3) is 0.500. The van der Waals surface area contributed by atoms with Crippen LogP contribution >= 0.6 is 0 Å². The highest BCUT2D eigenvalue weighted by molar-refractivity contribution is 6.35. The van der Waals surface area contributed by atoms with Crippen molar-refractivity contribution in [1.82, 2.24) is 9.80 Å². The molecule has 0 aromatic heterocycles. The maximum absolute atomic E-state index is 12.6. The Bertz CT molecular complexity index is 701. The fourth-order valence-electron chi connectivity index (χ4n) is 3.54. The minimum absolute atomic E-state index is 0.00691. The molecule has 8 nitrogen and oxygen atoms in total.